The summed E-state index contributed by atoms with van der Waals surface area (Å²) in [6, 6.07) is 11.0. The minimum Gasteiger partial charge on any atom is -0.374 e. The summed E-state index contributed by atoms with van der Waals surface area (Å²) in [7, 11) is 1.91. The molecule has 6 nitrogen and oxygen atoms in total. The van der Waals surface area contributed by atoms with E-state index in [0.717, 1.165) is 38.5 Å². The Bertz CT molecular complexity index is 600. The lowest BCUT2D eigenvalue weighted by Gasteiger charge is -2.41. The lowest BCUT2D eigenvalue weighted by atomic mass is 9.98. The van der Waals surface area contributed by atoms with E-state index in [4.69, 9.17) is 4.74 Å². The lowest BCUT2D eigenvalue weighted by molar-refractivity contribution is -0.0695. The van der Waals surface area contributed by atoms with Crippen LogP contribution in [0.3, 0.4) is 0 Å². The van der Waals surface area contributed by atoms with Gasteiger partial charge in [-0.2, -0.15) is 0 Å². The molecule has 0 unspecified atom stereocenters. The monoisotopic (exact) mass is 315 g/mol. The molecule has 1 aliphatic rings. The van der Waals surface area contributed by atoms with Crippen molar-refractivity contribution in [3.8, 4) is 0 Å². The van der Waals surface area contributed by atoms with Crippen LogP contribution in [0.2, 0.25) is 0 Å². The zero-order valence-electron chi connectivity index (χ0n) is 13.9. The van der Waals surface area contributed by atoms with Gasteiger partial charge in [0.2, 0.25) is 0 Å². The second-order valence-corrected chi connectivity index (χ2v) is 5.87. The standard InChI is InChI=1S/C17H25N5O/c1-3-22-9-10-23-16(17(22)14-7-5-4-6-8-14)13-18-11-15-12-19-20-21(15)2/h4-8,12,16-18H,3,9-11,13H2,1-2H3/t16-,17-/m0/s1. The molecule has 2 aromatic rings. The number of hydrogen-bond acceptors (Lipinski definition) is 5. The summed E-state index contributed by atoms with van der Waals surface area (Å²) < 4.78 is 7.88. The Hall–Kier alpha value is -1.76. The molecule has 1 aromatic carbocycles. The Morgan fingerprint density at radius 3 is 2.83 bits per heavy atom. The highest BCUT2D eigenvalue weighted by atomic mass is 16.5. The van der Waals surface area contributed by atoms with Crippen molar-refractivity contribution < 1.29 is 4.74 Å². The first kappa shape index (κ1) is 16.1. The van der Waals surface area contributed by atoms with Crippen molar-refractivity contribution in [2.24, 2.45) is 7.05 Å². The molecule has 0 spiro atoms. The molecule has 1 aliphatic heterocycles. The van der Waals surface area contributed by atoms with E-state index >= 15 is 0 Å². The first-order valence-corrected chi connectivity index (χ1v) is 8.24. The van der Waals surface area contributed by atoms with Gasteiger partial charge in [-0.1, -0.05) is 42.5 Å². The molecule has 2 heterocycles. The average Bonchev–Trinajstić information content (AvgIpc) is 3.00. The van der Waals surface area contributed by atoms with Crippen molar-refractivity contribution in [2.75, 3.05) is 26.2 Å². The highest BCUT2D eigenvalue weighted by Gasteiger charge is 2.32. The minimum absolute atomic E-state index is 0.146. The van der Waals surface area contributed by atoms with Gasteiger partial charge in [0.25, 0.3) is 0 Å². The normalized spacial score (nSPS) is 22.3. The molecule has 1 aromatic heterocycles. The number of nitrogens with one attached hydrogen (secondary N) is 1. The summed E-state index contributed by atoms with van der Waals surface area (Å²) in [5.41, 5.74) is 2.40. The van der Waals surface area contributed by atoms with Crippen molar-refractivity contribution in [1.82, 2.24) is 25.2 Å². The molecule has 0 bridgehead atoms. The molecule has 3 rings (SSSR count). The highest BCUT2D eigenvalue weighted by Crippen LogP contribution is 2.29. The molecule has 1 saturated heterocycles. The molecule has 23 heavy (non-hydrogen) atoms. The Balaban J connectivity index is 1.67. The Labute approximate surface area is 137 Å². The second kappa shape index (κ2) is 7.68. The molecule has 2 atom stereocenters. The number of nitrogens with zero attached hydrogens (tertiary/aromatic N) is 4. The highest BCUT2D eigenvalue weighted by molar-refractivity contribution is 5.21. The topological polar surface area (TPSA) is 55.2 Å². The predicted octanol–water partition coefficient (Wildman–Crippen LogP) is 1.37. The summed E-state index contributed by atoms with van der Waals surface area (Å²) >= 11 is 0. The molecule has 1 fully saturated rings. The summed E-state index contributed by atoms with van der Waals surface area (Å²) in [6.45, 7) is 6.57. The number of aryl methyl sites for hydroxylation is 1. The van der Waals surface area contributed by atoms with E-state index in [1.165, 1.54) is 5.56 Å². The van der Waals surface area contributed by atoms with Crippen molar-refractivity contribution in [1.29, 1.82) is 0 Å². The molecule has 0 radical (unpaired) electrons. The third-order valence-corrected chi connectivity index (χ3v) is 4.46. The van der Waals surface area contributed by atoms with Gasteiger partial charge in [-0.15, -0.1) is 5.10 Å². The molecule has 0 amide bonds. The van der Waals surface area contributed by atoms with Gasteiger partial charge in [0.05, 0.1) is 30.6 Å². The first-order valence-electron chi connectivity index (χ1n) is 8.24. The summed E-state index contributed by atoms with van der Waals surface area (Å²) in [5.74, 6) is 0. The third-order valence-electron chi connectivity index (χ3n) is 4.46. The molecule has 6 heteroatoms. The number of benzene rings is 1. The van der Waals surface area contributed by atoms with Crippen LogP contribution in [0.1, 0.15) is 24.2 Å². The zero-order valence-corrected chi connectivity index (χ0v) is 13.9. The van der Waals surface area contributed by atoms with Gasteiger partial charge < -0.3 is 10.1 Å². The number of hydrogen-bond donors (Lipinski definition) is 1. The maximum Gasteiger partial charge on any atom is 0.0896 e. The van der Waals surface area contributed by atoms with Gasteiger partial charge in [-0.25, -0.2) is 0 Å². The molecular formula is C17H25N5O. The van der Waals surface area contributed by atoms with Crippen LogP contribution >= 0.6 is 0 Å². The third kappa shape index (κ3) is 3.77. The fourth-order valence-electron chi connectivity index (χ4n) is 3.20. The van der Waals surface area contributed by atoms with Crippen LogP contribution in [0.5, 0.6) is 0 Å². The van der Waals surface area contributed by atoms with Gasteiger partial charge in [-0.3, -0.25) is 9.58 Å². The van der Waals surface area contributed by atoms with Crippen LogP contribution in [0.4, 0.5) is 0 Å². The Kier molecular flexibility index (Phi) is 5.38. The number of aromatic nitrogens is 3. The van der Waals surface area contributed by atoms with Crippen molar-refractivity contribution in [2.45, 2.75) is 25.6 Å². The molecule has 124 valence electrons. The zero-order chi connectivity index (χ0) is 16.1. The lowest BCUT2D eigenvalue weighted by Crippen LogP contribution is -2.48. The van der Waals surface area contributed by atoms with Gasteiger partial charge in [-0.05, 0) is 12.1 Å². The van der Waals surface area contributed by atoms with E-state index in [-0.39, 0.29) is 6.10 Å². The second-order valence-electron chi connectivity index (χ2n) is 5.87. The summed E-state index contributed by atoms with van der Waals surface area (Å²) in [6.07, 6.45) is 1.94. The van der Waals surface area contributed by atoms with Crippen LogP contribution < -0.4 is 5.32 Å². The number of morpholine rings is 1. The number of ether oxygens (including phenoxy) is 1. The van der Waals surface area contributed by atoms with Crippen LogP contribution in [0, 0.1) is 0 Å². The molecule has 0 aliphatic carbocycles. The fraction of sp³-hybridized carbons (Fsp3) is 0.529. The maximum absolute atomic E-state index is 6.08. The van der Waals surface area contributed by atoms with Crippen molar-refractivity contribution in [3.63, 3.8) is 0 Å². The maximum atomic E-state index is 6.08. The van der Waals surface area contributed by atoms with Crippen LogP contribution in [0.15, 0.2) is 36.5 Å². The number of rotatable bonds is 6. The Morgan fingerprint density at radius 1 is 1.30 bits per heavy atom. The largest absolute Gasteiger partial charge is 0.374 e. The minimum atomic E-state index is 0.146. The molecule has 1 N–H and O–H groups in total. The van der Waals surface area contributed by atoms with Gasteiger partial charge in [0.15, 0.2) is 0 Å². The van der Waals surface area contributed by atoms with E-state index in [2.05, 4.69) is 57.8 Å². The van der Waals surface area contributed by atoms with Crippen LogP contribution in [0.25, 0.3) is 0 Å². The van der Waals surface area contributed by atoms with Gasteiger partial charge in [0, 0.05) is 26.7 Å². The Morgan fingerprint density at radius 2 is 2.13 bits per heavy atom. The van der Waals surface area contributed by atoms with Gasteiger partial charge in [0.1, 0.15) is 0 Å². The summed E-state index contributed by atoms with van der Waals surface area (Å²) in [4.78, 5) is 2.50. The fourth-order valence-corrected chi connectivity index (χ4v) is 3.20. The quantitative estimate of drug-likeness (QED) is 0.872. The van der Waals surface area contributed by atoms with Crippen LogP contribution in [-0.2, 0) is 18.3 Å². The van der Waals surface area contributed by atoms with E-state index in [1.807, 2.05) is 7.05 Å². The average molecular weight is 315 g/mol. The van der Waals surface area contributed by atoms with Crippen LogP contribution in [-0.4, -0.2) is 52.2 Å². The van der Waals surface area contributed by atoms with Crippen molar-refractivity contribution in [3.05, 3.63) is 47.8 Å². The first-order chi connectivity index (χ1) is 11.3. The molecular weight excluding hydrogens is 290 g/mol. The summed E-state index contributed by atoms with van der Waals surface area (Å²) in [5, 5.41) is 11.4. The van der Waals surface area contributed by atoms with Crippen molar-refractivity contribution >= 4 is 0 Å². The van der Waals surface area contributed by atoms with E-state index in [0.29, 0.717) is 6.04 Å². The number of likely N-dealkylation sites (N-methyl/N-ethyl adjacent to an activating group) is 1. The molecule has 0 saturated carbocycles. The van der Waals surface area contributed by atoms with Gasteiger partial charge >= 0.3 is 0 Å². The SMILES string of the molecule is CCN1CCO[C@@H](CNCc2cnnn2C)[C@@H]1c1ccccc1. The van der Waals surface area contributed by atoms with E-state index in [1.54, 1.807) is 10.9 Å². The predicted molar refractivity (Wildman–Crippen MR) is 88.9 cm³/mol. The smallest absolute Gasteiger partial charge is 0.0896 e. The van der Waals surface area contributed by atoms with E-state index < -0.39 is 0 Å². The van der Waals surface area contributed by atoms with E-state index in [9.17, 15) is 0 Å².